The summed E-state index contributed by atoms with van der Waals surface area (Å²) in [7, 11) is -2.41. The number of hydrogen-bond acceptors (Lipinski definition) is 5. The van der Waals surface area contributed by atoms with Crippen molar-refractivity contribution in [3.63, 3.8) is 0 Å². The number of carbonyl (C=O) groups is 1. The summed E-state index contributed by atoms with van der Waals surface area (Å²) < 4.78 is 32.1. The van der Waals surface area contributed by atoms with Crippen LogP contribution in [0.3, 0.4) is 0 Å². The molecule has 0 unspecified atom stereocenters. The van der Waals surface area contributed by atoms with Crippen LogP contribution in [0.5, 0.6) is 0 Å². The number of carboxylic acid groups (broad SMARTS) is 1. The number of nitrogens with zero attached hydrogens (tertiary/aromatic N) is 1. The zero-order valence-corrected chi connectivity index (χ0v) is 10.4. The molecule has 0 amide bonds. The Balaban J connectivity index is 2.81. The maximum Gasteiger partial charge on any atom is 0.356 e. The number of methoxy groups -OCH3 is 1. The van der Waals surface area contributed by atoms with E-state index in [1.807, 2.05) is 0 Å². The van der Waals surface area contributed by atoms with Crippen LogP contribution in [0.15, 0.2) is 18.3 Å². The first-order chi connectivity index (χ1) is 8.46. The van der Waals surface area contributed by atoms with Crippen LogP contribution in [0.2, 0.25) is 0 Å². The van der Waals surface area contributed by atoms with E-state index in [0.717, 1.165) is 0 Å². The second-order valence-corrected chi connectivity index (χ2v) is 4.70. The summed E-state index contributed by atoms with van der Waals surface area (Å²) in [4.78, 5) is 14.4. The highest BCUT2D eigenvalue weighted by atomic mass is 32.2. The number of anilines is 1. The van der Waals surface area contributed by atoms with E-state index in [0.29, 0.717) is 0 Å². The van der Waals surface area contributed by atoms with Gasteiger partial charge >= 0.3 is 5.97 Å². The highest BCUT2D eigenvalue weighted by molar-refractivity contribution is 7.90. The third-order valence-electron chi connectivity index (χ3n) is 1.85. The molecule has 0 bridgehead atoms. The summed E-state index contributed by atoms with van der Waals surface area (Å²) in [5.74, 6) is -1.31. The second-order valence-electron chi connectivity index (χ2n) is 3.20. The molecule has 9 heteroatoms. The minimum absolute atomic E-state index is 0.0779. The zero-order chi connectivity index (χ0) is 13.6. The van der Waals surface area contributed by atoms with Gasteiger partial charge in [0.15, 0.2) is 5.69 Å². The molecule has 100 valence electrons. The molecule has 0 atom stereocenters. The lowest BCUT2D eigenvalue weighted by molar-refractivity contribution is 0.0692. The first kappa shape index (κ1) is 14.4. The number of nitrogens with one attached hydrogen (secondary N) is 2. The van der Waals surface area contributed by atoms with Gasteiger partial charge < -0.3 is 9.84 Å². The predicted octanol–water partition coefficient (Wildman–Crippen LogP) is -0.328. The van der Waals surface area contributed by atoms with Crippen molar-refractivity contribution >= 4 is 21.9 Å². The Kier molecular flexibility index (Phi) is 5.01. The lowest BCUT2D eigenvalue weighted by Crippen LogP contribution is -2.33. The highest BCUT2D eigenvalue weighted by Crippen LogP contribution is 2.12. The molecule has 3 N–H and O–H groups in total. The van der Waals surface area contributed by atoms with Gasteiger partial charge in [0.1, 0.15) is 0 Å². The minimum Gasteiger partial charge on any atom is -0.476 e. The van der Waals surface area contributed by atoms with Gasteiger partial charge in [-0.15, -0.1) is 0 Å². The Hall–Kier alpha value is -1.71. The number of hydrogen-bond donors (Lipinski definition) is 3. The number of aromatic carboxylic acids is 1. The van der Waals surface area contributed by atoms with E-state index in [4.69, 9.17) is 5.11 Å². The Morgan fingerprint density at radius 1 is 1.56 bits per heavy atom. The smallest absolute Gasteiger partial charge is 0.356 e. The van der Waals surface area contributed by atoms with Crippen molar-refractivity contribution < 1.29 is 23.1 Å². The van der Waals surface area contributed by atoms with Gasteiger partial charge in [-0.3, -0.25) is 4.72 Å². The Morgan fingerprint density at radius 3 is 2.89 bits per heavy atom. The van der Waals surface area contributed by atoms with Crippen LogP contribution < -0.4 is 9.44 Å². The molecule has 0 radical (unpaired) electrons. The summed E-state index contributed by atoms with van der Waals surface area (Å²) in [6, 6.07) is 2.74. The average molecular weight is 275 g/mol. The molecule has 0 saturated heterocycles. The van der Waals surface area contributed by atoms with Crippen molar-refractivity contribution in [2.24, 2.45) is 0 Å². The van der Waals surface area contributed by atoms with Gasteiger partial charge in [-0.25, -0.2) is 9.78 Å². The normalized spacial score (nSPS) is 11.2. The van der Waals surface area contributed by atoms with Gasteiger partial charge in [-0.05, 0) is 12.1 Å². The molecule has 0 aliphatic rings. The van der Waals surface area contributed by atoms with Crippen LogP contribution in [0.4, 0.5) is 5.69 Å². The summed E-state index contributed by atoms with van der Waals surface area (Å²) >= 11 is 0. The van der Waals surface area contributed by atoms with Crippen LogP contribution in [0.25, 0.3) is 0 Å². The van der Waals surface area contributed by atoms with E-state index in [1.54, 1.807) is 0 Å². The number of aromatic nitrogens is 1. The molecule has 0 fully saturated rings. The highest BCUT2D eigenvalue weighted by Gasteiger charge is 2.16. The van der Waals surface area contributed by atoms with E-state index < -0.39 is 16.2 Å². The van der Waals surface area contributed by atoms with Crippen LogP contribution in [0, 0.1) is 0 Å². The van der Waals surface area contributed by atoms with Crippen LogP contribution in [-0.2, 0) is 14.9 Å². The van der Waals surface area contributed by atoms with E-state index in [2.05, 4.69) is 19.2 Å². The molecule has 0 aliphatic carbocycles. The average Bonchev–Trinajstić information content (AvgIpc) is 2.29. The summed E-state index contributed by atoms with van der Waals surface area (Å²) in [5, 5.41) is 8.84. The van der Waals surface area contributed by atoms with Gasteiger partial charge in [-0.1, -0.05) is 0 Å². The summed E-state index contributed by atoms with van der Waals surface area (Å²) in [5.41, 5.74) is -0.468. The molecule has 0 aromatic carbocycles. The van der Waals surface area contributed by atoms with Crippen molar-refractivity contribution in [3.05, 3.63) is 24.0 Å². The van der Waals surface area contributed by atoms with Gasteiger partial charge in [0.2, 0.25) is 0 Å². The van der Waals surface area contributed by atoms with Crippen molar-refractivity contribution in [2.45, 2.75) is 0 Å². The van der Waals surface area contributed by atoms with Crippen molar-refractivity contribution in [2.75, 3.05) is 25.0 Å². The maximum absolute atomic E-state index is 11.6. The third kappa shape index (κ3) is 4.28. The Labute approximate surface area is 104 Å². The van der Waals surface area contributed by atoms with Crippen LogP contribution >= 0.6 is 0 Å². The standard InChI is InChI=1S/C9H13N3O5S/c1-17-6-5-11-18(15,16)12-7-3-2-4-10-8(7)9(13)14/h2-4,11-12H,5-6H2,1H3,(H,13,14). The van der Waals surface area contributed by atoms with Crippen molar-refractivity contribution in [1.29, 1.82) is 0 Å². The summed E-state index contributed by atoms with van der Waals surface area (Å²) in [6.45, 7) is 0.286. The minimum atomic E-state index is -3.85. The third-order valence-corrected chi connectivity index (χ3v) is 2.93. The van der Waals surface area contributed by atoms with Gasteiger partial charge in [0.05, 0.1) is 12.3 Å². The Bertz CT molecular complexity index is 517. The molecular formula is C9H13N3O5S. The molecular weight excluding hydrogens is 262 g/mol. The fourth-order valence-electron chi connectivity index (χ4n) is 1.12. The molecule has 0 spiro atoms. The first-order valence-electron chi connectivity index (χ1n) is 4.91. The first-order valence-corrected chi connectivity index (χ1v) is 6.39. The van der Waals surface area contributed by atoms with Gasteiger partial charge in [-0.2, -0.15) is 13.1 Å². The SMILES string of the molecule is COCCNS(=O)(=O)Nc1cccnc1C(=O)O. The molecule has 8 nitrogen and oxygen atoms in total. The fraction of sp³-hybridized carbons (Fsp3) is 0.333. The Morgan fingerprint density at radius 2 is 2.28 bits per heavy atom. The van der Waals surface area contributed by atoms with Gasteiger partial charge in [0.25, 0.3) is 10.2 Å². The molecule has 1 aromatic heterocycles. The fourth-order valence-corrected chi connectivity index (χ4v) is 2.00. The zero-order valence-electron chi connectivity index (χ0n) is 9.58. The predicted molar refractivity (Wildman–Crippen MR) is 63.6 cm³/mol. The van der Waals surface area contributed by atoms with Crippen LogP contribution in [-0.4, -0.2) is 44.7 Å². The van der Waals surface area contributed by atoms with Gasteiger partial charge in [0, 0.05) is 19.9 Å². The molecule has 0 saturated carbocycles. The lowest BCUT2D eigenvalue weighted by atomic mass is 10.3. The number of carboxylic acids is 1. The quantitative estimate of drug-likeness (QED) is 0.587. The topological polar surface area (TPSA) is 118 Å². The van der Waals surface area contributed by atoms with E-state index in [9.17, 15) is 13.2 Å². The second kappa shape index (κ2) is 6.28. The molecule has 1 heterocycles. The maximum atomic E-state index is 11.6. The largest absolute Gasteiger partial charge is 0.476 e. The lowest BCUT2D eigenvalue weighted by Gasteiger charge is -2.10. The number of pyridine rings is 1. The summed E-state index contributed by atoms with van der Waals surface area (Å²) in [6.07, 6.45) is 1.26. The van der Waals surface area contributed by atoms with E-state index >= 15 is 0 Å². The van der Waals surface area contributed by atoms with Crippen molar-refractivity contribution in [3.8, 4) is 0 Å². The number of ether oxygens (including phenoxy) is 1. The molecule has 18 heavy (non-hydrogen) atoms. The molecule has 1 aromatic rings. The van der Waals surface area contributed by atoms with E-state index in [1.165, 1.54) is 25.4 Å². The van der Waals surface area contributed by atoms with E-state index in [-0.39, 0.29) is 24.5 Å². The number of rotatable bonds is 7. The molecule has 0 aliphatic heterocycles. The molecule has 1 rings (SSSR count). The monoisotopic (exact) mass is 275 g/mol. The van der Waals surface area contributed by atoms with Crippen molar-refractivity contribution in [1.82, 2.24) is 9.71 Å². The van der Waals surface area contributed by atoms with Crippen LogP contribution in [0.1, 0.15) is 10.5 Å².